The summed E-state index contributed by atoms with van der Waals surface area (Å²) in [6, 6.07) is 2.13. The molecule has 162 valence electrons. The Balaban J connectivity index is 2.09. The van der Waals surface area contributed by atoms with Gasteiger partial charge in [0.1, 0.15) is 43.2 Å². The Bertz CT molecular complexity index is 758. The van der Waals surface area contributed by atoms with E-state index in [0.717, 1.165) is 6.07 Å². The normalized spacial score (nSPS) is 27.3. The Kier molecular flexibility index (Phi) is 7.30. The van der Waals surface area contributed by atoms with Crippen LogP contribution in [0.3, 0.4) is 0 Å². The molecule has 1 aliphatic rings. The van der Waals surface area contributed by atoms with E-state index in [2.05, 4.69) is 4.74 Å². The summed E-state index contributed by atoms with van der Waals surface area (Å²) in [5.74, 6) is -2.90. The highest BCUT2D eigenvalue weighted by Crippen LogP contribution is 2.36. The van der Waals surface area contributed by atoms with E-state index in [9.17, 15) is 38.1 Å². The average Bonchev–Trinajstić information content (AvgIpc) is 2.61. The third-order valence-electron chi connectivity index (χ3n) is 3.87. The fourth-order valence-electron chi connectivity index (χ4n) is 2.40. The number of carboxylic acids is 1. The number of carbonyl (C=O) groups is 2. The standard InChI is InChI=1S/C16H16ClF3O9/c17-7-3-6(16(18,19)20)1-2-8(7)28-15-14(26)13(25)12(24)9(29-15)5-27-11(23)4-10(21)22/h1-3,9,12-15,24-26H,4-5H2,(H,21,22)/t9-,12-,13+,14-,15-/m1/s1. The fourth-order valence-corrected chi connectivity index (χ4v) is 2.62. The number of aliphatic hydroxyl groups excluding tert-OH is 3. The van der Waals surface area contributed by atoms with Crippen LogP contribution < -0.4 is 4.74 Å². The predicted molar refractivity (Wildman–Crippen MR) is 87.0 cm³/mol. The monoisotopic (exact) mass is 444 g/mol. The number of hydrogen-bond acceptors (Lipinski definition) is 8. The van der Waals surface area contributed by atoms with E-state index in [-0.39, 0.29) is 5.75 Å². The largest absolute Gasteiger partial charge is 0.481 e. The van der Waals surface area contributed by atoms with Crippen molar-refractivity contribution < 1.29 is 57.4 Å². The molecule has 0 amide bonds. The summed E-state index contributed by atoms with van der Waals surface area (Å²) in [6.45, 7) is -0.683. The van der Waals surface area contributed by atoms with Crippen molar-refractivity contribution in [1.29, 1.82) is 0 Å². The lowest BCUT2D eigenvalue weighted by Gasteiger charge is -2.40. The van der Waals surface area contributed by atoms with E-state index >= 15 is 0 Å². The number of ether oxygens (including phenoxy) is 3. The maximum atomic E-state index is 12.7. The zero-order valence-electron chi connectivity index (χ0n) is 14.4. The number of aliphatic hydroxyl groups is 3. The van der Waals surface area contributed by atoms with Crippen molar-refractivity contribution in [3.8, 4) is 5.75 Å². The van der Waals surface area contributed by atoms with Crippen LogP contribution in [0.1, 0.15) is 12.0 Å². The van der Waals surface area contributed by atoms with Crippen LogP contribution in [0.2, 0.25) is 5.02 Å². The molecule has 1 saturated heterocycles. The van der Waals surface area contributed by atoms with E-state index in [1.165, 1.54) is 0 Å². The number of aliphatic carboxylic acids is 1. The van der Waals surface area contributed by atoms with Gasteiger partial charge in [-0.3, -0.25) is 9.59 Å². The number of rotatable bonds is 6. The van der Waals surface area contributed by atoms with E-state index in [1.807, 2.05) is 0 Å². The van der Waals surface area contributed by atoms with Crippen LogP contribution in [0, 0.1) is 0 Å². The number of carbonyl (C=O) groups excluding carboxylic acids is 1. The van der Waals surface area contributed by atoms with Gasteiger partial charge >= 0.3 is 18.1 Å². The van der Waals surface area contributed by atoms with Crippen molar-refractivity contribution in [3.05, 3.63) is 28.8 Å². The van der Waals surface area contributed by atoms with Crippen molar-refractivity contribution >= 4 is 23.5 Å². The molecule has 0 unspecified atom stereocenters. The minimum Gasteiger partial charge on any atom is -0.481 e. The molecule has 9 nitrogen and oxygen atoms in total. The Morgan fingerprint density at radius 1 is 1.14 bits per heavy atom. The molecule has 13 heteroatoms. The van der Waals surface area contributed by atoms with Crippen LogP contribution in [0.25, 0.3) is 0 Å². The van der Waals surface area contributed by atoms with Crippen molar-refractivity contribution in [3.63, 3.8) is 0 Å². The molecule has 5 atom stereocenters. The maximum Gasteiger partial charge on any atom is 0.416 e. The molecular formula is C16H16ClF3O9. The average molecular weight is 445 g/mol. The van der Waals surface area contributed by atoms with Crippen LogP contribution in [0.4, 0.5) is 13.2 Å². The van der Waals surface area contributed by atoms with Crippen LogP contribution in [0.15, 0.2) is 18.2 Å². The van der Waals surface area contributed by atoms with Gasteiger partial charge in [0.25, 0.3) is 0 Å². The Morgan fingerprint density at radius 3 is 2.34 bits per heavy atom. The molecule has 4 N–H and O–H groups in total. The van der Waals surface area contributed by atoms with E-state index < -0.39 is 72.4 Å². The number of benzene rings is 1. The lowest BCUT2D eigenvalue weighted by Crippen LogP contribution is -2.60. The quantitative estimate of drug-likeness (QED) is 0.365. The van der Waals surface area contributed by atoms with Crippen molar-refractivity contribution in [2.75, 3.05) is 6.61 Å². The first kappa shape index (κ1) is 23.2. The van der Waals surface area contributed by atoms with Gasteiger partial charge < -0.3 is 34.6 Å². The summed E-state index contributed by atoms with van der Waals surface area (Å²) in [7, 11) is 0. The highest BCUT2D eigenvalue weighted by Gasteiger charge is 2.45. The Labute approximate surface area is 166 Å². The van der Waals surface area contributed by atoms with E-state index in [4.69, 9.17) is 26.2 Å². The number of esters is 1. The molecule has 29 heavy (non-hydrogen) atoms. The maximum absolute atomic E-state index is 12.7. The van der Waals surface area contributed by atoms with Gasteiger partial charge in [0.15, 0.2) is 0 Å². The zero-order valence-corrected chi connectivity index (χ0v) is 15.1. The third-order valence-corrected chi connectivity index (χ3v) is 4.17. The molecule has 0 saturated carbocycles. The smallest absolute Gasteiger partial charge is 0.416 e. The molecular weight excluding hydrogens is 429 g/mol. The summed E-state index contributed by atoms with van der Waals surface area (Å²) < 4.78 is 53.1. The van der Waals surface area contributed by atoms with Crippen LogP contribution in [0.5, 0.6) is 5.75 Å². The third kappa shape index (κ3) is 5.93. The van der Waals surface area contributed by atoms with Gasteiger partial charge in [-0.2, -0.15) is 13.2 Å². The predicted octanol–water partition coefficient (Wildman–Crippen LogP) is 0.563. The van der Waals surface area contributed by atoms with Crippen LogP contribution >= 0.6 is 11.6 Å². The van der Waals surface area contributed by atoms with Crippen LogP contribution in [-0.2, 0) is 25.2 Å². The number of hydrogen-bond donors (Lipinski definition) is 4. The van der Waals surface area contributed by atoms with Gasteiger partial charge in [0.05, 0.1) is 10.6 Å². The summed E-state index contributed by atoms with van der Waals surface area (Å²) >= 11 is 5.76. The van der Waals surface area contributed by atoms with E-state index in [1.54, 1.807) is 0 Å². The Hall–Kier alpha value is -2.12. The second kappa shape index (κ2) is 9.13. The van der Waals surface area contributed by atoms with Crippen molar-refractivity contribution in [2.45, 2.75) is 43.3 Å². The lowest BCUT2D eigenvalue weighted by atomic mass is 9.99. The van der Waals surface area contributed by atoms with Gasteiger partial charge in [-0.05, 0) is 18.2 Å². The lowest BCUT2D eigenvalue weighted by molar-refractivity contribution is -0.278. The second-order valence-electron chi connectivity index (χ2n) is 6.03. The molecule has 0 spiro atoms. The number of carboxylic acid groups (broad SMARTS) is 1. The molecule has 2 rings (SSSR count). The molecule has 1 aromatic rings. The molecule has 0 aromatic heterocycles. The molecule has 0 radical (unpaired) electrons. The molecule has 1 aromatic carbocycles. The van der Waals surface area contributed by atoms with E-state index in [0.29, 0.717) is 12.1 Å². The first-order valence-electron chi connectivity index (χ1n) is 8.00. The highest BCUT2D eigenvalue weighted by molar-refractivity contribution is 6.32. The van der Waals surface area contributed by atoms with Crippen molar-refractivity contribution in [2.24, 2.45) is 0 Å². The van der Waals surface area contributed by atoms with Crippen molar-refractivity contribution in [1.82, 2.24) is 0 Å². The summed E-state index contributed by atoms with van der Waals surface area (Å²) in [5.41, 5.74) is -1.04. The molecule has 1 aliphatic heterocycles. The first-order chi connectivity index (χ1) is 13.4. The minimum absolute atomic E-state index is 0.311. The van der Waals surface area contributed by atoms with Gasteiger partial charge in [-0.1, -0.05) is 11.6 Å². The molecule has 0 aliphatic carbocycles. The van der Waals surface area contributed by atoms with Gasteiger partial charge in [-0.25, -0.2) is 0 Å². The molecule has 0 bridgehead atoms. The van der Waals surface area contributed by atoms with Gasteiger partial charge in [-0.15, -0.1) is 0 Å². The first-order valence-corrected chi connectivity index (χ1v) is 8.38. The van der Waals surface area contributed by atoms with Gasteiger partial charge in [0.2, 0.25) is 6.29 Å². The fraction of sp³-hybridized carbons (Fsp3) is 0.500. The topological polar surface area (TPSA) is 143 Å². The highest BCUT2D eigenvalue weighted by atomic mass is 35.5. The SMILES string of the molecule is O=C(O)CC(=O)OC[C@H]1O[C@@H](Oc2ccc(C(F)(F)F)cc2Cl)[C@H](O)[C@@H](O)[C@@H]1O. The summed E-state index contributed by atoms with van der Waals surface area (Å²) in [6.07, 6.45) is -14.1. The zero-order chi connectivity index (χ0) is 21.9. The second-order valence-corrected chi connectivity index (χ2v) is 6.44. The minimum atomic E-state index is -4.64. The summed E-state index contributed by atoms with van der Waals surface area (Å²) in [4.78, 5) is 21.7. The number of alkyl halides is 3. The summed E-state index contributed by atoms with van der Waals surface area (Å²) in [5, 5.41) is 37.9. The Morgan fingerprint density at radius 2 is 1.79 bits per heavy atom. The van der Waals surface area contributed by atoms with Gasteiger partial charge in [0, 0.05) is 0 Å². The molecule has 1 heterocycles. The molecule has 1 fully saturated rings. The van der Waals surface area contributed by atoms with Crippen LogP contribution in [-0.4, -0.2) is 69.7 Å². The number of halogens is 4.